The average molecular weight is 464 g/mol. The lowest BCUT2D eigenvalue weighted by molar-refractivity contribution is -0.127. The Balaban J connectivity index is 1.39. The van der Waals surface area contributed by atoms with Gasteiger partial charge in [0.15, 0.2) is 18.5 Å². The van der Waals surface area contributed by atoms with Crippen molar-refractivity contribution >= 4 is 40.8 Å². The van der Waals surface area contributed by atoms with E-state index in [1.807, 2.05) is 0 Å². The molecule has 2 N–H and O–H groups in total. The summed E-state index contributed by atoms with van der Waals surface area (Å²) in [5, 5.41) is 6.14. The summed E-state index contributed by atoms with van der Waals surface area (Å²) in [6.07, 6.45) is 0.648. The number of ketones is 1. The van der Waals surface area contributed by atoms with Gasteiger partial charge in [0.25, 0.3) is 11.8 Å². The van der Waals surface area contributed by atoms with E-state index in [1.54, 1.807) is 24.3 Å². The molecule has 2 heterocycles. The molecule has 0 radical (unpaired) electrons. The molecule has 0 saturated carbocycles. The number of nitrogens with zero attached hydrogens (tertiary/aromatic N) is 1. The Labute approximate surface area is 188 Å². The lowest BCUT2D eigenvalue weighted by atomic mass is 10.0. The summed E-state index contributed by atoms with van der Waals surface area (Å²) < 4.78 is 10.9. The van der Waals surface area contributed by atoms with Gasteiger partial charge in [0, 0.05) is 35.9 Å². The van der Waals surface area contributed by atoms with Crippen LogP contribution in [-0.4, -0.2) is 41.8 Å². The van der Waals surface area contributed by atoms with E-state index in [2.05, 4.69) is 22.2 Å². The van der Waals surface area contributed by atoms with Gasteiger partial charge in [0.05, 0.1) is 17.0 Å². The van der Waals surface area contributed by atoms with Gasteiger partial charge in [-0.15, -0.1) is 0 Å². The Morgan fingerprint density at radius 2 is 2.00 bits per heavy atom. The molecule has 0 unspecified atom stereocenters. The number of carbonyl (C=O) groups excluding carboxylic acids is 3. The van der Waals surface area contributed by atoms with E-state index in [4.69, 9.17) is 32.7 Å². The maximum absolute atomic E-state index is 12.4. The van der Waals surface area contributed by atoms with Crippen molar-refractivity contribution < 1.29 is 23.9 Å². The number of pyridine rings is 1. The second-order valence-corrected chi connectivity index (χ2v) is 7.54. The SMILES string of the molecule is C=C(CCNC(=O)COc1ccc(Cl)cn1)NC(=O)[C@H]1CC(=O)c2cc(Cl)ccc2O1. The molecule has 3 rings (SSSR count). The van der Waals surface area contributed by atoms with Gasteiger partial charge in [-0.3, -0.25) is 14.4 Å². The van der Waals surface area contributed by atoms with Gasteiger partial charge < -0.3 is 20.1 Å². The fraction of sp³-hybridized carbons (Fsp3) is 0.238. The van der Waals surface area contributed by atoms with Crippen LogP contribution in [-0.2, 0) is 9.59 Å². The summed E-state index contributed by atoms with van der Waals surface area (Å²) in [5.41, 5.74) is 0.734. The first-order valence-corrected chi connectivity index (χ1v) is 10.1. The molecule has 0 aliphatic carbocycles. The number of carbonyl (C=O) groups is 3. The molecule has 0 fully saturated rings. The molecular weight excluding hydrogens is 445 g/mol. The average Bonchev–Trinajstić information content (AvgIpc) is 2.73. The van der Waals surface area contributed by atoms with Gasteiger partial charge in [-0.1, -0.05) is 29.8 Å². The number of aromatic nitrogens is 1. The zero-order valence-corrected chi connectivity index (χ0v) is 17.8. The van der Waals surface area contributed by atoms with Crippen molar-refractivity contribution in [2.24, 2.45) is 0 Å². The Kier molecular flexibility index (Phi) is 7.49. The van der Waals surface area contributed by atoms with E-state index in [9.17, 15) is 14.4 Å². The normalized spacial score (nSPS) is 14.8. The van der Waals surface area contributed by atoms with Crippen LogP contribution in [0.4, 0.5) is 0 Å². The first-order chi connectivity index (χ1) is 14.8. The van der Waals surface area contributed by atoms with Crippen LogP contribution in [0.15, 0.2) is 48.8 Å². The molecule has 10 heteroatoms. The molecule has 1 aromatic heterocycles. The molecule has 1 atom stereocenters. The number of halogens is 2. The molecule has 1 aliphatic rings. The summed E-state index contributed by atoms with van der Waals surface area (Å²) in [6, 6.07) is 7.81. The number of rotatable bonds is 8. The van der Waals surface area contributed by atoms with E-state index in [0.29, 0.717) is 33.5 Å². The maximum atomic E-state index is 12.4. The number of amides is 2. The van der Waals surface area contributed by atoms with E-state index in [-0.39, 0.29) is 37.1 Å². The first kappa shape index (κ1) is 22.6. The molecule has 8 nitrogen and oxygen atoms in total. The van der Waals surface area contributed by atoms with Crippen molar-refractivity contribution in [2.45, 2.75) is 18.9 Å². The quantitative estimate of drug-likeness (QED) is 0.623. The standard InChI is InChI=1S/C21H19Cl2N3O5/c1-12(6-7-24-19(28)11-30-20-5-3-14(23)10-25-20)26-21(29)18-9-16(27)15-8-13(22)2-4-17(15)31-18/h2-5,8,10,18H,1,6-7,9,11H2,(H,24,28)(H,26,29)/t18-/m1/s1. The lowest BCUT2D eigenvalue weighted by Crippen LogP contribution is -2.42. The number of benzene rings is 1. The number of fused-ring (bicyclic) bond motifs is 1. The summed E-state index contributed by atoms with van der Waals surface area (Å²) in [6.45, 7) is 3.79. The number of hydrogen-bond donors (Lipinski definition) is 2. The highest BCUT2D eigenvalue weighted by atomic mass is 35.5. The summed E-state index contributed by atoms with van der Waals surface area (Å²) in [5.74, 6) is -0.470. The first-order valence-electron chi connectivity index (χ1n) is 9.31. The predicted molar refractivity (Wildman–Crippen MR) is 114 cm³/mol. The molecule has 162 valence electrons. The van der Waals surface area contributed by atoms with Gasteiger partial charge in [-0.25, -0.2) is 4.98 Å². The van der Waals surface area contributed by atoms with E-state index in [0.717, 1.165) is 0 Å². The van der Waals surface area contributed by atoms with Crippen LogP contribution < -0.4 is 20.1 Å². The summed E-state index contributed by atoms with van der Waals surface area (Å²) in [7, 11) is 0. The Bertz CT molecular complexity index is 1010. The molecule has 1 aromatic carbocycles. The third-order valence-electron chi connectivity index (χ3n) is 4.27. The lowest BCUT2D eigenvalue weighted by Gasteiger charge is -2.24. The number of ether oxygens (including phenoxy) is 2. The van der Waals surface area contributed by atoms with Crippen LogP contribution in [0.1, 0.15) is 23.2 Å². The largest absolute Gasteiger partial charge is 0.479 e. The van der Waals surface area contributed by atoms with Gasteiger partial charge in [-0.05, 0) is 24.3 Å². The highest BCUT2D eigenvalue weighted by molar-refractivity contribution is 6.31. The minimum Gasteiger partial charge on any atom is -0.479 e. The second kappa shape index (κ2) is 10.3. The van der Waals surface area contributed by atoms with Crippen LogP contribution in [0.2, 0.25) is 10.0 Å². The molecule has 0 saturated heterocycles. The Hall–Kier alpha value is -3.10. The summed E-state index contributed by atoms with van der Waals surface area (Å²) in [4.78, 5) is 40.4. The maximum Gasteiger partial charge on any atom is 0.265 e. The van der Waals surface area contributed by atoms with Gasteiger partial charge in [0.2, 0.25) is 5.88 Å². The zero-order chi connectivity index (χ0) is 22.4. The number of Topliss-reactive ketones (excluding diaryl/α,β-unsaturated/α-hetero) is 1. The molecule has 2 aromatic rings. The van der Waals surface area contributed by atoms with Crippen molar-refractivity contribution in [1.29, 1.82) is 0 Å². The van der Waals surface area contributed by atoms with Crippen LogP contribution in [0.5, 0.6) is 11.6 Å². The van der Waals surface area contributed by atoms with Crippen molar-refractivity contribution in [3.8, 4) is 11.6 Å². The minimum absolute atomic E-state index is 0.0980. The molecule has 1 aliphatic heterocycles. The van der Waals surface area contributed by atoms with Crippen molar-refractivity contribution in [1.82, 2.24) is 15.6 Å². The van der Waals surface area contributed by atoms with Crippen molar-refractivity contribution in [3.63, 3.8) is 0 Å². The van der Waals surface area contributed by atoms with Crippen molar-refractivity contribution in [3.05, 3.63) is 64.4 Å². The topological polar surface area (TPSA) is 107 Å². The monoisotopic (exact) mass is 463 g/mol. The van der Waals surface area contributed by atoms with E-state index >= 15 is 0 Å². The zero-order valence-electron chi connectivity index (χ0n) is 16.3. The van der Waals surface area contributed by atoms with Gasteiger partial charge in [-0.2, -0.15) is 0 Å². The molecule has 0 bridgehead atoms. The van der Waals surface area contributed by atoms with E-state index < -0.39 is 12.0 Å². The molecule has 2 amide bonds. The van der Waals surface area contributed by atoms with E-state index in [1.165, 1.54) is 12.3 Å². The fourth-order valence-electron chi connectivity index (χ4n) is 2.75. The number of hydrogen-bond acceptors (Lipinski definition) is 6. The number of nitrogens with one attached hydrogen (secondary N) is 2. The van der Waals surface area contributed by atoms with Crippen LogP contribution in [0.3, 0.4) is 0 Å². The van der Waals surface area contributed by atoms with Crippen LogP contribution in [0, 0.1) is 0 Å². The highest BCUT2D eigenvalue weighted by Gasteiger charge is 2.31. The van der Waals surface area contributed by atoms with Crippen LogP contribution in [0.25, 0.3) is 0 Å². The highest BCUT2D eigenvalue weighted by Crippen LogP contribution is 2.30. The molecule has 0 spiro atoms. The second-order valence-electron chi connectivity index (χ2n) is 6.67. The molecular formula is C21H19Cl2N3O5. The van der Waals surface area contributed by atoms with Crippen molar-refractivity contribution in [2.75, 3.05) is 13.2 Å². The summed E-state index contributed by atoms with van der Waals surface area (Å²) >= 11 is 11.6. The third kappa shape index (κ3) is 6.44. The van der Waals surface area contributed by atoms with Crippen LogP contribution >= 0.6 is 23.2 Å². The fourth-order valence-corrected chi connectivity index (χ4v) is 3.03. The minimum atomic E-state index is -0.965. The van der Waals surface area contributed by atoms with Gasteiger partial charge in [0.1, 0.15) is 5.75 Å². The smallest absolute Gasteiger partial charge is 0.265 e. The third-order valence-corrected chi connectivity index (χ3v) is 4.73. The Morgan fingerprint density at radius 1 is 1.23 bits per heavy atom. The molecule has 31 heavy (non-hydrogen) atoms. The predicted octanol–water partition coefficient (Wildman–Crippen LogP) is 2.94. The van der Waals surface area contributed by atoms with Gasteiger partial charge >= 0.3 is 0 Å². The Morgan fingerprint density at radius 3 is 2.74 bits per heavy atom.